The van der Waals surface area contributed by atoms with Crippen molar-refractivity contribution in [3.8, 4) is 23.8 Å². The highest BCUT2D eigenvalue weighted by Crippen LogP contribution is 2.43. The first-order valence-corrected chi connectivity index (χ1v) is 7.71. The Morgan fingerprint density at radius 2 is 2.22 bits per heavy atom. The van der Waals surface area contributed by atoms with Gasteiger partial charge in [-0.25, -0.2) is 0 Å². The van der Waals surface area contributed by atoms with Gasteiger partial charge < -0.3 is 9.47 Å². The maximum atomic E-state index is 12.6. The predicted molar refractivity (Wildman–Crippen MR) is 88.1 cm³/mol. The van der Waals surface area contributed by atoms with Crippen LogP contribution in [0.15, 0.2) is 12.1 Å². The second kappa shape index (κ2) is 7.19. The second-order valence-electron chi connectivity index (χ2n) is 5.74. The highest BCUT2D eigenvalue weighted by molar-refractivity contribution is 6.02. The molecule has 122 valence electrons. The molecule has 5 heteroatoms. The average Bonchev–Trinajstić information content (AvgIpc) is 2.54. The third kappa shape index (κ3) is 3.31. The third-order valence-corrected chi connectivity index (χ3v) is 3.56. The van der Waals surface area contributed by atoms with Crippen molar-refractivity contribution in [2.75, 3.05) is 18.1 Å². The molecule has 0 saturated heterocycles. The molecule has 1 aliphatic rings. The summed E-state index contributed by atoms with van der Waals surface area (Å²) < 4.78 is 11.6. The molecule has 0 N–H and O–H groups in total. The van der Waals surface area contributed by atoms with E-state index in [1.807, 2.05) is 20.8 Å². The number of rotatable bonds is 6. The standard InChI is InChI=1S/C18H21NO4/c1-5-7-19-14-9-13(11-20)10-15(22-8-6-2)17(14)23-16(12(3)4)18(19)21/h1,9-12,16H,6-8H2,2-4H3. The highest BCUT2D eigenvalue weighted by Gasteiger charge is 2.38. The van der Waals surface area contributed by atoms with Gasteiger partial charge in [0.15, 0.2) is 17.6 Å². The summed E-state index contributed by atoms with van der Waals surface area (Å²) in [5.74, 6) is 3.21. The minimum atomic E-state index is -0.623. The zero-order valence-corrected chi connectivity index (χ0v) is 13.7. The van der Waals surface area contributed by atoms with Gasteiger partial charge in [0.05, 0.1) is 18.8 Å². The van der Waals surface area contributed by atoms with Crippen molar-refractivity contribution < 1.29 is 19.1 Å². The number of hydrogen-bond acceptors (Lipinski definition) is 4. The quantitative estimate of drug-likeness (QED) is 0.598. The number of benzene rings is 1. The molecule has 23 heavy (non-hydrogen) atoms. The van der Waals surface area contributed by atoms with Crippen LogP contribution < -0.4 is 14.4 Å². The number of hydrogen-bond donors (Lipinski definition) is 0. The summed E-state index contributed by atoms with van der Waals surface area (Å²) in [4.78, 5) is 25.3. The van der Waals surface area contributed by atoms with Gasteiger partial charge in [-0.1, -0.05) is 26.7 Å². The van der Waals surface area contributed by atoms with Crippen LogP contribution in [-0.2, 0) is 4.79 Å². The highest BCUT2D eigenvalue weighted by atomic mass is 16.5. The number of carbonyl (C=O) groups is 2. The van der Waals surface area contributed by atoms with Crippen LogP contribution in [0.3, 0.4) is 0 Å². The minimum absolute atomic E-state index is 0.0132. The van der Waals surface area contributed by atoms with Crippen LogP contribution in [0.25, 0.3) is 0 Å². The molecule has 0 saturated carbocycles. The van der Waals surface area contributed by atoms with Gasteiger partial charge in [-0.2, -0.15) is 0 Å². The van der Waals surface area contributed by atoms with E-state index in [1.165, 1.54) is 4.90 Å². The molecule has 1 atom stereocenters. The van der Waals surface area contributed by atoms with Gasteiger partial charge >= 0.3 is 0 Å². The zero-order chi connectivity index (χ0) is 17.0. The molecule has 5 nitrogen and oxygen atoms in total. The molecule has 1 heterocycles. The molecule has 0 spiro atoms. The number of terminal acetylenes is 1. The van der Waals surface area contributed by atoms with Crippen molar-refractivity contribution in [3.63, 3.8) is 0 Å². The first kappa shape index (κ1) is 16.9. The minimum Gasteiger partial charge on any atom is -0.490 e. The summed E-state index contributed by atoms with van der Waals surface area (Å²) in [5.41, 5.74) is 0.900. The monoisotopic (exact) mass is 315 g/mol. The number of ether oxygens (including phenoxy) is 2. The van der Waals surface area contributed by atoms with Gasteiger partial charge in [0, 0.05) is 5.56 Å². The van der Waals surface area contributed by atoms with Gasteiger partial charge in [-0.3, -0.25) is 14.5 Å². The number of fused-ring (bicyclic) bond motifs is 1. The van der Waals surface area contributed by atoms with Crippen molar-refractivity contribution in [2.24, 2.45) is 5.92 Å². The van der Waals surface area contributed by atoms with E-state index in [2.05, 4.69) is 5.92 Å². The number of aldehydes is 1. The van der Waals surface area contributed by atoms with Crippen LogP contribution in [0, 0.1) is 18.3 Å². The van der Waals surface area contributed by atoms with Crippen LogP contribution in [0.5, 0.6) is 11.5 Å². The fourth-order valence-electron chi connectivity index (χ4n) is 2.44. The molecule has 0 radical (unpaired) electrons. The fraction of sp³-hybridized carbons (Fsp3) is 0.444. The van der Waals surface area contributed by atoms with E-state index in [0.717, 1.165) is 6.42 Å². The molecule has 1 aliphatic heterocycles. The van der Waals surface area contributed by atoms with Crippen molar-refractivity contribution in [1.29, 1.82) is 0 Å². The van der Waals surface area contributed by atoms with E-state index in [1.54, 1.807) is 12.1 Å². The smallest absolute Gasteiger partial charge is 0.269 e. The van der Waals surface area contributed by atoms with Crippen molar-refractivity contribution >= 4 is 17.9 Å². The second-order valence-corrected chi connectivity index (χ2v) is 5.74. The Kier molecular flexibility index (Phi) is 5.28. The first-order chi connectivity index (χ1) is 11.0. The molecule has 2 rings (SSSR count). The summed E-state index contributed by atoms with van der Waals surface area (Å²) in [6, 6.07) is 3.23. The Balaban J connectivity index is 2.57. The van der Waals surface area contributed by atoms with E-state index in [4.69, 9.17) is 15.9 Å². The number of anilines is 1. The van der Waals surface area contributed by atoms with Gasteiger partial charge in [0.2, 0.25) is 0 Å². The molecule has 1 unspecified atom stereocenters. The maximum Gasteiger partial charge on any atom is 0.269 e. The van der Waals surface area contributed by atoms with E-state index >= 15 is 0 Å². The Hall–Kier alpha value is -2.48. The van der Waals surface area contributed by atoms with Crippen molar-refractivity contribution in [1.82, 2.24) is 0 Å². The molecule has 0 bridgehead atoms. The summed E-state index contributed by atoms with van der Waals surface area (Å²) in [6.07, 6.45) is 6.31. The number of carbonyl (C=O) groups excluding carboxylic acids is 2. The lowest BCUT2D eigenvalue weighted by atomic mass is 10.0. The van der Waals surface area contributed by atoms with Gasteiger partial charge in [0.1, 0.15) is 6.29 Å². The largest absolute Gasteiger partial charge is 0.490 e. The normalized spacial score (nSPS) is 16.6. The van der Waals surface area contributed by atoms with E-state index in [9.17, 15) is 9.59 Å². The number of amides is 1. The van der Waals surface area contributed by atoms with E-state index in [0.29, 0.717) is 35.6 Å². The predicted octanol–water partition coefficient (Wildman–Crippen LogP) is 2.67. The molecule has 0 aromatic heterocycles. The Morgan fingerprint density at radius 3 is 2.78 bits per heavy atom. The molecule has 1 aromatic rings. The van der Waals surface area contributed by atoms with Crippen molar-refractivity contribution in [3.05, 3.63) is 17.7 Å². The fourth-order valence-corrected chi connectivity index (χ4v) is 2.44. The molecule has 1 amide bonds. The average molecular weight is 315 g/mol. The van der Waals surface area contributed by atoms with Gasteiger partial charge in [0.25, 0.3) is 5.91 Å². The van der Waals surface area contributed by atoms with Crippen LogP contribution in [-0.4, -0.2) is 31.4 Å². The molecule has 0 aliphatic carbocycles. The lowest BCUT2D eigenvalue weighted by Gasteiger charge is -2.36. The van der Waals surface area contributed by atoms with E-state index < -0.39 is 6.10 Å². The van der Waals surface area contributed by atoms with Crippen molar-refractivity contribution in [2.45, 2.75) is 33.3 Å². The third-order valence-electron chi connectivity index (χ3n) is 3.56. The SMILES string of the molecule is C#CCN1C(=O)C(C(C)C)Oc2c(OCCC)cc(C=O)cc21. The van der Waals surface area contributed by atoms with Crippen LogP contribution in [0.4, 0.5) is 5.69 Å². The first-order valence-electron chi connectivity index (χ1n) is 7.71. The van der Waals surface area contributed by atoms with Gasteiger partial charge in [-0.05, 0) is 24.5 Å². The lowest BCUT2D eigenvalue weighted by Crippen LogP contribution is -2.48. The topological polar surface area (TPSA) is 55.8 Å². The Bertz CT molecular complexity index is 645. The number of nitrogens with zero attached hydrogens (tertiary/aromatic N) is 1. The van der Waals surface area contributed by atoms with Crippen LogP contribution in [0.1, 0.15) is 37.6 Å². The zero-order valence-electron chi connectivity index (χ0n) is 13.7. The maximum absolute atomic E-state index is 12.6. The summed E-state index contributed by atoms with van der Waals surface area (Å²) in [7, 11) is 0. The summed E-state index contributed by atoms with van der Waals surface area (Å²) >= 11 is 0. The van der Waals surface area contributed by atoms with Crippen LogP contribution in [0.2, 0.25) is 0 Å². The molecule has 0 fully saturated rings. The molecular formula is C18H21NO4. The summed E-state index contributed by atoms with van der Waals surface area (Å²) in [6.45, 7) is 6.42. The molecule has 1 aromatic carbocycles. The Morgan fingerprint density at radius 1 is 1.48 bits per heavy atom. The van der Waals surface area contributed by atoms with E-state index in [-0.39, 0.29) is 18.4 Å². The lowest BCUT2D eigenvalue weighted by molar-refractivity contribution is -0.128. The Labute approximate surface area is 136 Å². The molecular weight excluding hydrogens is 294 g/mol. The summed E-state index contributed by atoms with van der Waals surface area (Å²) in [5, 5.41) is 0. The van der Waals surface area contributed by atoms with Crippen LogP contribution >= 0.6 is 0 Å². The van der Waals surface area contributed by atoms with Gasteiger partial charge in [-0.15, -0.1) is 6.42 Å².